The first-order valence-corrected chi connectivity index (χ1v) is 7.99. The molecule has 0 aliphatic carbocycles. The summed E-state index contributed by atoms with van der Waals surface area (Å²) in [6.07, 6.45) is 1.25. The molecule has 1 unspecified atom stereocenters. The Bertz CT molecular complexity index is 451. The second kappa shape index (κ2) is 5.25. The number of aryl methyl sites for hydroxylation is 1. The van der Waals surface area contributed by atoms with E-state index in [0.29, 0.717) is 5.01 Å². The van der Waals surface area contributed by atoms with Crippen LogP contribution in [0.4, 0.5) is 0 Å². The van der Waals surface area contributed by atoms with Gasteiger partial charge in [-0.05, 0) is 20.4 Å². The van der Waals surface area contributed by atoms with Crippen LogP contribution in [0.2, 0.25) is 0 Å². The molecule has 0 aliphatic rings. The summed E-state index contributed by atoms with van der Waals surface area (Å²) >= 11 is 1.48. The first-order valence-electron chi connectivity index (χ1n) is 5.22. The third kappa shape index (κ3) is 3.26. The molecule has 1 heterocycles. The van der Waals surface area contributed by atoms with Crippen LogP contribution in [-0.2, 0) is 16.4 Å². The van der Waals surface area contributed by atoms with Crippen LogP contribution in [0, 0.1) is 6.92 Å². The fourth-order valence-corrected chi connectivity index (χ4v) is 3.27. The zero-order valence-corrected chi connectivity index (χ0v) is 11.7. The summed E-state index contributed by atoms with van der Waals surface area (Å²) in [5.74, 6) is 0. The highest BCUT2D eigenvalue weighted by molar-refractivity contribution is 7.91. The van der Waals surface area contributed by atoms with Gasteiger partial charge in [0.2, 0.25) is 0 Å². The fraction of sp³-hybridized carbons (Fsp3) is 0.700. The smallest absolute Gasteiger partial charge is 0.156 e. The Labute approximate surface area is 101 Å². The molecule has 1 rings (SSSR count). The lowest BCUT2D eigenvalue weighted by molar-refractivity contribution is 0.592. The first-order chi connectivity index (χ1) is 7.36. The molecule has 0 amide bonds. The number of rotatable bonds is 5. The summed E-state index contributed by atoms with van der Waals surface area (Å²) in [6, 6.07) is 0. The van der Waals surface area contributed by atoms with Crippen LogP contribution in [0.3, 0.4) is 0 Å². The number of aromatic nitrogens is 1. The van der Waals surface area contributed by atoms with E-state index in [2.05, 4.69) is 10.3 Å². The summed E-state index contributed by atoms with van der Waals surface area (Å²) < 4.78 is 22.8. The SMILES string of the molecule is CCNCc1sc(C(C)S(C)(=O)=O)nc1C. The lowest BCUT2D eigenvalue weighted by Crippen LogP contribution is -2.11. The molecule has 1 N–H and O–H groups in total. The molecule has 1 aromatic rings. The minimum Gasteiger partial charge on any atom is -0.312 e. The van der Waals surface area contributed by atoms with E-state index in [1.807, 2.05) is 13.8 Å². The normalized spacial score (nSPS) is 14.0. The number of thiazole rings is 1. The molecule has 92 valence electrons. The minimum atomic E-state index is -3.05. The standard InChI is InChI=1S/C10H18N2O2S2/c1-5-11-6-9-7(2)12-10(15-9)8(3)16(4,13)14/h8,11H,5-6H2,1-4H3. The Hall–Kier alpha value is -0.460. The maximum atomic E-state index is 11.4. The van der Waals surface area contributed by atoms with E-state index >= 15 is 0 Å². The molecule has 0 saturated carbocycles. The van der Waals surface area contributed by atoms with Gasteiger partial charge in [-0.25, -0.2) is 13.4 Å². The average Bonchev–Trinajstić information content (AvgIpc) is 2.54. The van der Waals surface area contributed by atoms with Crippen molar-refractivity contribution in [2.24, 2.45) is 0 Å². The highest BCUT2D eigenvalue weighted by Gasteiger charge is 2.21. The van der Waals surface area contributed by atoms with E-state index in [-0.39, 0.29) is 0 Å². The van der Waals surface area contributed by atoms with Crippen LogP contribution in [0.5, 0.6) is 0 Å². The van der Waals surface area contributed by atoms with Crippen molar-refractivity contribution in [3.63, 3.8) is 0 Å². The number of hydrogen-bond donors (Lipinski definition) is 1. The summed E-state index contributed by atoms with van der Waals surface area (Å²) in [6.45, 7) is 7.30. The third-order valence-electron chi connectivity index (χ3n) is 2.43. The van der Waals surface area contributed by atoms with Crippen molar-refractivity contribution in [1.82, 2.24) is 10.3 Å². The summed E-state index contributed by atoms with van der Waals surface area (Å²) in [4.78, 5) is 5.45. The molecule has 0 bridgehead atoms. The lowest BCUT2D eigenvalue weighted by atomic mass is 10.4. The number of nitrogens with one attached hydrogen (secondary N) is 1. The van der Waals surface area contributed by atoms with Crippen LogP contribution >= 0.6 is 11.3 Å². The summed E-state index contributed by atoms with van der Waals surface area (Å²) in [5, 5.41) is 3.40. The van der Waals surface area contributed by atoms with Gasteiger partial charge in [-0.15, -0.1) is 11.3 Å². The van der Waals surface area contributed by atoms with Crippen molar-refractivity contribution in [2.45, 2.75) is 32.6 Å². The van der Waals surface area contributed by atoms with E-state index in [1.54, 1.807) is 6.92 Å². The number of sulfone groups is 1. The van der Waals surface area contributed by atoms with Crippen molar-refractivity contribution in [3.8, 4) is 0 Å². The average molecular weight is 262 g/mol. The van der Waals surface area contributed by atoms with Crippen molar-refractivity contribution in [3.05, 3.63) is 15.6 Å². The quantitative estimate of drug-likeness (QED) is 0.877. The maximum Gasteiger partial charge on any atom is 0.156 e. The fourth-order valence-electron chi connectivity index (χ4n) is 1.21. The second-order valence-electron chi connectivity index (χ2n) is 3.81. The topological polar surface area (TPSA) is 59.1 Å². The van der Waals surface area contributed by atoms with Crippen LogP contribution in [0.15, 0.2) is 0 Å². The van der Waals surface area contributed by atoms with Gasteiger partial charge in [0.1, 0.15) is 10.3 Å². The van der Waals surface area contributed by atoms with E-state index in [9.17, 15) is 8.42 Å². The molecule has 0 spiro atoms. The Morgan fingerprint density at radius 1 is 1.50 bits per heavy atom. The van der Waals surface area contributed by atoms with Crippen molar-refractivity contribution in [2.75, 3.05) is 12.8 Å². The van der Waals surface area contributed by atoms with Gasteiger partial charge in [0.25, 0.3) is 0 Å². The van der Waals surface area contributed by atoms with Gasteiger partial charge in [0.05, 0.1) is 5.69 Å². The van der Waals surface area contributed by atoms with Gasteiger partial charge in [0, 0.05) is 17.7 Å². The molecule has 4 nitrogen and oxygen atoms in total. The molecule has 0 aromatic carbocycles. The number of nitrogens with zero attached hydrogens (tertiary/aromatic N) is 1. The van der Waals surface area contributed by atoms with E-state index in [4.69, 9.17) is 0 Å². The van der Waals surface area contributed by atoms with Crippen molar-refractivity contribution in [1.29, 1.82) is 0 Å². The largest absolute Gasteiger partial charge is 0.312 e. The Balaban J connectivity index is 2.92. The highest BCUT2D eigenvalue weighted by Crippen LogP contribution is 2.27. The van der Waals surface area contributed by atoms with Crippen LogP contribution in [0.1, 0.15) is 34.7 Å². The summed E-state index contributed by atoms with van der Waals surface area (Å²) in [5.41, 5.74) is 0.927. The second-order valence-corrected chi connectivity index (χ2v) is 7.29. The van der Waals surface area contributed by atoms with Crippen molar-refractivity contribution < 1.29 is 8.42 Å². The molecule has 1 aromatic heterocycles. The monoisotopic (exact) mass is 262 g/mol. The van der Waals surface area contributed by atoms with Crippen LogP contribution < -0.4 is 5.32 Å². The predicted octanol–water partition coefficient (Wildman–Crippen LogP) is 1.67. The molecule has 0 radical (unpaired) electrons. The Morgan fingerprint density at radius 2 is 2.12 bits per heavy atom. The molecule has 16 heavy (non-hydrogen) atoms. The van der Waals surface area contributed by atoms with Gasteiger partial charge in [-0.1, -0.05) is 6.92 Å². The summed E-state index contributed by atoms with van der Waals surface area (Å²) in [7, 11) is -3.05. The maximum absolute atomic E-state index is 11.4. The molecule has 1 atom stereocenters. The van der Waals surface area contributed by atoms with Gasteiger partial charge in [-0.2, -0.15) is 0 Å². The minimum absolute atomic E-state index is 0.508. The molecular formula is C10H18N2O2S2. The molecular weight excluding hydrogens is 244 g/mol. The van der Waals surface area contributed by atoms with Crippen LogP contribution in [-0.4, -0.2) is 26.2 Å². The van der Waals surface area contributed by atoms with E-state index in [0.717, 1.165) is 23.7 Å². The molecule has 0 saturated heterocycles. The predicted molar refractivity (Wildman–Crippen MR) is 67.5 cm³/mol. The van der Waals surface area contributed by atoms with Gasteiger partial charge in [0.15, 0.2) is 9.84 Å². The van der Waals surface area contributed by atoms with Gasteiger partial charge >= 0.3 is 0 Å². The zero-order valence-electron chi connectivity index (χ0n) is 10.1. The van der Waals surface area contributed by atoms with E-state index < -0.39 is 15.1 Å². The first kappa shape index (κ1) is 13.6. The van der Waals surface area contributed by atoms with Gasteiger partial charge in [-0.3, -0.25) is 0 Å². The van der Waals surface area contributed by atoms with E-state index in [1.165, 1.54) is 17.6 Å². The van der Waals surface area contributed by atoms with Gasteiger partial charge < -0.3 is 5.32 Å². The Morgan fingerprint density at radius 3 is 2.62 bits per heavy atom. The molecule has 0 fully saturated rings. The van der Waals surface area contributed by atoms with Crippen LogP contribution in [0.25, 0.3) is 0 Å². The number of hydrogen-bond acceptors (Lipinski definition) is 5. The Kier molecular flexibility index (Phi) is 4.46. The molecule has 0 aliphatic heterocycles. The highest BCUT2D eigenvalue weighted by atomic mass is 32.2. The zero-order chi connectivity index (χ0) is 12.3. The molecule has 6 heteroatoms. The van der Waals surface area contributed by atoms with Crippen molar-refractivity contribution >= 4 is 21.2 Å². The third-order valence-corrected chi connectivity index (χ3v) is 5.43. The lowest BCUT2D eigenvalue weighted by Gasteiger charge is -2.03.